The topological polar surface area (TPSA) is 94.5 Å². The van der Waals surface area contributed by atoms with Gasteiger partial charge in [-0.15, -0.1) is 0 Å². The molecule has 9 heteroatoms. The van der Waals surface area contributed by atoms with Crippen molar-refractivity contribution in [1.29, 1.82) is 0 Å². The van der Waals surface area contributed by atoms with Crippen molar-refractivity contribution < 1.29 is 19.1 Å². The summed E-state index contributed by atoms with van der Waals surface area (Å²) in [5.41, 5.74) is 2.23. The number of imidazole rings is 1. The van der Waals surface area contributed by atoms with Crippen molar-refractivity contribution in [2.75, 3.05) is 26.5 Å². The number of thioether (sulfide) groups is 1. The molecule has 1 aromatic heterocycles. The number of amides is 2. The van der Waals surface area contributed by atoms with E-state index in [-0.39, 0.29) is 17.6 Å². The number of hydrogen-bond donors (Lipinski definition) is 2. The minimum atomic E-state index is -0.131. The van der Waals surface area contributed by atoms with Gasteiger partial charge in [0.05, 0.1) is 20.0 Å². The van der Waals surface area contributed by atoms with E-state index in [1.807, 2.05) is 47.2 Å². The average Bonchev–Trinajstić information content (AvgIpc) is 3.34. The van der Waals surface area contributed by atoms with E-state index in [0.29, 0.717) is 35.3 Å². The van der Waals surface area contributed by atoms with Crippen molar-refractivity contribution in [3.05, 3.63) is 66.0 Å². The standard InChI is InChI=1S/C25H30N4O4S/c1-4-5-12-26-24(31)18-8-6-10-20(15-18)29-14-13-27-25(29)34-17-22(30)28-16-19-9-7-11-21(32-2)23(19)33-3/h6-11,13-15H,4-5,12,16-17H2,1-3H3,(H,26,31)(H,28,30). The van der Waals surface area contributed by atoms with E-state index >= 15 is 0 Å². The van der Waals surface area contributed by atoms with E-state index in [1.54, 1.807) is 26.5 Å². The lowest BCUT2D eigenvalue weighted by molar-refractivity contribution is -0.118. The minimum absolute atomic E-state index is 0.100. The van der Waals surface area contributed by atoms with Crippen molar-refractivity contribution in [3.8, 4) is 17.2 Å². The number of ether oxygens (including phenoxy) is 2. The van der Waals surface area contributed by atoms with Crippen LogP contribution in [0.25, 0.3) is 5.69 Å². The first-order chi connectivity index (χ1) is 16.6. The fourth-order valence-electron chi connectivity index (χ4n) is 3.34. The zero-order valence-corrected chi connectivity index (χ0v) is 20.5. The number of nitrogens with one attached hydrogen (secondary N) is 2. The number of aromatic nitrogens is 2. The molecule has 0 spiro atoms. The molecule has 8 nitrogen and oxygen atoms in total. The monoisotopic (exact) mass is 482 g/mol. The summed E-state index contributed by atoms with van der Waals surface area (Å²) in [5, 5.41) is 6.51. The van der Waals surface area contributed by atoms with Crippen LogP contribution in [0.4, 0.5) is 0 Å². The highest BCUT2D eigenvalue weighted by Crippen LogP contribution is 2.30. The summed E-state index contributed by atoms with van der Waals surface area (Å²) in [6.45, 7) is 3.06. The maximum Gasteiger partial charge on any atom is 0.251 e. The van der Waals surface area contributed by atoms with Gasteiger partial charge in [0.25, 0.3) is 5.91 Å². The SMILES string of the molecule is CCCCNC(=O)c1cccc(-n2ccnc2SCC(=O)NCc2cccc(OC)c2OC)c1. The molecule has 0 aliphatic heterocycles. The molecule has 3 aromatic rings. The van der Waals surface area contributed by atoms with Gasteiger partial charge in [-0.3, -0.25) is 14.2 Å². The van der Waals surface area contributed by atoms with Gasteiger partial charge in [-0.2, -0.15) is 0 Å². The lowest BCUT2D eigenvalue weighted by Gasteiger charge is -2.13. The van der Waals surface area contributed by atoms with Crippen molar-refractivity contribution in [2.45, 2.75) is 31.5 Å². The van der Waals surface area contributed by atoms with Crippen LogP contribution in [0, 0.1) is 0 Å². The lowest BCUT2D eigenvalue weighted by Crippen LogP contribution is -2.25. The van der Waals surface area contributed by atoms with E-state index in [9.17, 15) is 9.59 Å². The summed E-state index contributed by atoms with van der Waals surface area (Å²) in [6, 6.07) is 12.9. The first-order valence-corrected chi connectivity index (χ1v) is 12.1. The largest absolute Gasteiger partial charge is 0.493 e. The quantitative estimate of drug-likeness (QED) is 0.301. The summed E-state index contributed by atoms with van der Waals surface area (Å²) in [6.07, 6.45) is 5.46. The van der Waals surface area contributed by atoms with Crippen molar-refractivity contribution in [1.82, 2.24) is 20.2 Å². The minimum Gasteiger partial charge on any atom is -0.493 e. The lowest BCUT2D eigenvalue weighted by atomic mass is 10.2. The molecule has 0 aliphatic carbocycles. The highest BCUT2D eigenvalue weighted by Gasteiger charge is 2.13. The highest BCUT2D eigenvalue weighted by molar-refractivity contribution is 7.99. The van der Waals surface area contributed by atoms with Crippen LogP contribution in [0.15, 0.2) is 60.0 Å². The van der Waals surface area contributed by atoms with Crippen LogP contribution in [0.3, 0.4) is 0 Å². The van der Waals surface area contributed by atoms with Gasteiger partial charge in [-0.05, 0) is 30.7 Å². The molecule has 0 saturated carbocycles. The van der Waals surface area contributed by atoms with Crippen LogP contribution in [-0.2, 0) is 11.3 Å². The number of methoxy groups -OCH3 is 2. The molecule has 0 radical (unpaired) electrons. The Morgan fingerprint density at radius 1 is 1.09 bits per heavy atom. The van der Waals surface area contributed by atoms with Crippen LogP contribution in [0.2, 0.25) is 0 Å². The van der Waals surface area contributed by atoms with Gasteiger partial charge in [0.1, 0.15) is 0 Å². The van der Waals surface area contributed by atoms with Crippen LogP contribution < -0.4 is 20.1 Å². The summed E-state index contributed by atoms with van der Waals surface area (Å²) >= 11 is 1.32. The number of rotatable bonds is 12. The molecular weight excluding hydrogens is 452 g/mol. The zero-order valence-electron chi connectivity index (χ0n) is 19.7. The molecule has 0 aliphatic rings. The molecule has 3 rings (SSSR count). The molecule has 2 amide bonds. The van der Waals surface area contributed by atoms with Gasteiger partial charge >= 0.3 is 0 Å². The highest BCUT2D eigenvalue weighted by atomic mass is 32.2. The predicted molar refractivity (Wildman–Crippen MR) is 133 cm³/mol. The molecule has 0 fully saturated rings. The Morgan fingerprint density at radius 2 is 1.91 bits per heavy atom. The Labute approximate surface area is 204 Å². The summed E-state index contributed by atoms with van der Waals surface area (Å²) < 4.78 is 12.6. The number of para-hydroxylation sites is 1. The van der Waals surface area contributed by atoms with Gasteiger partial charge in [-0.25, -0.2) is 4.98 Å². The number of unbranched alkanes of at least 4 members (excludes halogenated alkanes) is 1. The van der Waals surface area contributed by atoms with Gasteiger partial charge in [-0.1, -0.05) is 43.3 Å². The summed E-state index contributed by atoms with van der Waals surface area (Å²) in [7, 11) is 3.15. The Kier molecular flexibility index (Phi) is 9.40. The molecule has 34 heavy (non-hydrogen) atoms. The number of hydrogen-bond acceptors (Lipinski definition) is 6. The van der Waals surface area contributed by atoms with Crippen LogP contribution in [0.1, 0.15) is 35.7 Å². The first kappa shape index (κ1) is 25.2. The Bertz CT molecular complexity index is 1120. The maximum atomic E-state index is 12.5. The Hall–Kier alpha value is -3.46. The fraction of sp³-hybridized carbons (Fsp3) is 0.320. The smallest absolute Gasteiger partial charge is 0.251 e. The molecular formula is C25H30N4O4S. The molecule has 0 bridgehead atoms. The second-order valence-corrected chi connectivity index (χ2v) is 8.40. The Balaban J connectivity index is 1.60. The van der Waals surface area contributed by atoms with Crippen molar-refractivity contribution >= 4 is 23.6 Å². The summed E-state index contributed by atoms with van der Waals surface area (Å²) in [5.74, 6) is 1.19. The van der Waals surface area contributed by atoms with Crippen LogP contribution >= 0.6 is 11.8 Å². The number of benzene rings is 2. The summed E-state index contributed by atoms with van der Waals surface area (Å²) in [4.78, 5) is 29.3. The van der Waals surface area contributed by atoms with Gasteiger partial charge in [0.2, 0.25) is 5.91 Å². The van der Waals surface area contributed by atoms with Gasteiger partial charge < -0.3 is 20.1 Å². The molecule has 0 unspecified atom stereocenters. The average molecular weight is 483 g/mol. The Morgan fingerprint density at radius 3 is 2.68 bits per heavy atom. The molecule has 2 aromatic carbocycles. The number of nitrogens with zero attached hydrogens (tertiary/aromatic N) is 2. The third-order valence-corrected chi connectivity index (χ3v) is 6.07. The molecule has 1 heterocycles. The second-order valence-electron chi connectivity index (χ2n) is 7.46. The fourth-order valence-corrected chi connectivity index (χ4v) is 4.14. The van der Waals surface area contributed by atoms with E-state index in [2.05, 4.69) is 22.5 Å². The van der Waals surface area contributed by atoms with E-state index in [0.717, 1.165) is 24.1 Å². The van der Waals surface area contributed by atoms with E-state index in [1.165, 1.54) is 11.8 Å². The predicted octanol–water partition coefficient (Wildman–Crippen LogP) is 3.83. The van der Waals surface area contributed by atoms with E-state index in [4.69, 9.17) is 9.47 Å². The van der Waals surface area contributed by atoms with E-state index < -0.39 is 0 Å². The molecule has 180 valence electrons. The van der Waals surface area contributed by atoms with Gasteiger partial charge in [0, 0.05) is 42.3 Å². The first-order valence-electron chi connectivity index (χ1n) is 11.1. The third kappa shape index (κ3) is 6.54. The maximum absolute atomic E-state index is 12.5. The van der Waals surface area contributed by atoms with Crippen LogP contribution in [0.5, 0.6) is 11.5 Å². The normalized spacial score (nSPS) is 10.6. The van der Waals surface area contributed by atoms with Crippen molar-refractivity contribution in [3.63, 3.8) is 0 Å². The van der Waals surface area contributed by atoms with Crippen LogP contribution in [-0.4, -0.2) is 47.9 Å². The molecule has 0 saturated heterocycles. The number of carbonyl (C=O) groups is 2. The number of carbonyl (C=O) groups excluding carboxylic acids is 2. The zero-order chi connectivity index (χ0) is 24.3. The molecule has 0 atom stereocenters. The molecule has 2 N–H and O–H groups in total. The van der Waals surface area contributed by atoms with Crippen molar-refractivity contribution in [2.24, 2.45) is 0 Å². The third-order valence-electron chi connectivity index (χ3n) is 5.10. The van der Waals surface area contributed by atoms with Gasteiger partial charge in [0.15, 0.2) is 16.7 Å². The second kappa shape index (κ2) is 12.7.